The number of aliphatic hydroxyl groups is 2. The standard InChI is InChI=1S/C16H26O3/c1-3-4-10-19-11-9-16(12-17,13-18)15-8-6-5-7-14(15)2/h5-8,17-18H,3-4,9-13H2,1-2H3. The lowest BCUT2D eigenvalue weighted by Crippen LogP contribution is -2.37. The molecule has 0 atom stereocenters. The first-order valence-corrected chi connectivity index (χ1v) is 7.05. The van der Waals surface area contributed by atoms with Gasteiger partial charge >= 0.3 is 0 Å². The van der Waals surface area contributed by atoms with Crippen LogP contribution >= 0.6 is 0 Å². The van der Waals surface area contributed by atoms with Crippen molar-refractivity contribution in [3.63, 3.8) is 0 Å². The minimum absolute atomic E-state index is 0.0640. The molecule has 0 amide bonds. The lowest BCUT2D eigenvalue weighted by Gasteiger charge is -2.31. The van der Waals surface area contributed by atoms with Crippen LogP contribution in [0.2, 0.25) is 0 Å². The summed E-state index contributed by atoms with van der Waals surface area (Å²) in [4.78, 5) is 0. The van der Waals surface area contributed by atoms with Crippen molar-refractivity contribution in [3.05, 3.63) is 35.4 Å². The van der Waals surface area contributed by atoms with E-state index in [-0.39, 0.29) is 13.2 Å². The normalized spacial score (nSPS) is 11.8. The van der Waals surface area contributed by atoms with E-state index in [0.29, 0.717) is 13.0 Å². The highest BCUT2D eigenvalue weighted by Crippen LogP contribution is 2.30. The van der Waals surface area contributed by atoms with E-state index in [9.17, 15) is 10.2 Å². The lowest BCUT2D eigenvalue weighted by molar-refractivity contribution is 0.0613. The van der Waals surface area contributed by atoms with E-state index in [1.807, 2.05) is 31.2 Å². The lowest BCUT2D eigenvalue weighted by atomic mass is 9.77. The molecule has 0 heterocycles. The molecule has 0 aromatic heterocycles. The molecular weight excluding hydrogens is 240 g/mol. The summed E-state index contributed by atoms with van der Waals surface area (Å²) in [5.74, 6) is 0. The molecule has 0 saturated heterocycles. The molecule has 19 heavy (non-hydrogen) atoms. The van der Waals surface area contributed by atoms with Crippen molar-refractivity contribution in [2.75, 3.05) is 26.4 Å². The van der Waals surface area contributed by atoms with Crippen LogP contribution < -0.4 is 0 Å². The topological polar surface area (TPSA) is 49.7 Å². The fraction of sp³-hybridized carbons (Fsp3) is 0.625. The second kappa shape index (κ2) is 8.31. The van der Waals surface area contributed by atoms with Gasteiger partial charge in [0.15, 0.2) is 0 Å². The molecule has 0 radical (unpaired) electrons. The highest BCUT2D eigenvalue weighted by molar-refractivity contribution is 5.33. The molecule has 0 unspecified atom stereocenters. The number of ether oxygens (including phenoxy) is 1. The molecule has 0 bridgehead atoms. The Bertz CT molecular complexity index is 359. The zero-order chi connectivity index (χ0) is 14.1. The smallest absolute Gasteiger partial charge is 0.0551 e. The van der Waals surface area contributed by atoms with Crippen molar-refractivity contribution >= 4 is 0 Å². The monoisotopic (exact) mass is 266 g/mol. The Labute approximate surface area is 116 Å². The van der Waals surface area contributed by atoms with Gasteiger partial charge in [-0.2, -0.15) is 0 Å². The van der Waals surface area contributed by atoms with Gasteiger partial charge in [0.25, 0.3) is 0 Å². The third-order valence-electron chi connectivity index (χ3n) is 3.69. The van der Waals surface area contributed by atoms with Crippen LogP contribution in [0.1, 0.15) is 37.3 Å². The Kier molecular flexibility index (Phi) is 7.06. The van der Waals surface area contributed by atoms with Crippen LogP contribution in [0.25, 0.3) is 0 Å². The predicted molar refractivity (Wildman–Crippen MR) is 77.4 cm³/mol. The summed E-state index contributed by atoms with van der Waals surface area (Å²) in [6, 6.07) is 7.90. The van der Waals surface area contributed by atoms with Gasteiger partial charge in [-0.25, -0.2) is 0 Å². The van der Waals surface area contributed by atoms with Crippen LogP contribution in [0.3, 0.4) is 0 Å². The third-order valence-corrected chi connectivity index (χ3v) is 3.69. The minimum atomic E-state index is -0.600. The van der Waals surface area contributed by atoms with Crippen molar-refractivity contribution in [2.24, 2.45) is 0 Å². The molecule has 0 aliphatic carbocycles. The molecule has 0 fully saturated rings. The summed E-state index contributed by atoms with van der Waals surface area (Å²) in [7, 11) is 0. The first-order chi connectivity index (χ1) is 9.20. The maximum absolute atomic E-state index is 9.74. The van der Waals surface area contributed by atoms with E-state index in [1.165, 1.54) is 0 Å². The highest BCUT2D eigenvalue weighted by atomic mass is 16.5. The van der Waals surface area contributed by atoms with E-state index in [1.54, 1.807) is 0 Å². The Balaban J connectivity index is 2.71. The number of hydrogen-bond acceptors (Lipinski definition) is 3. The highest BCUT2D eigenvalue weighted by Gasteiger charge is 2.31. The van der Waals surface area contributed by atoms with Crippen molar-refractivity contribution in [2.45, 2.75) is 38.5 Å². The summed E-state index contributed by atoms with van der Waals surface area (Å²) in [5, 5.41) is 19.5. The number of unbranched alkanes of at least 4 members (excludes halogenated alkanes) is 1. The van der Waals surface area contributed by atoms with Gasteiger partial charge in [-0.3, -0.25) is 0 Å². The zero-order valence-corrected chi connectivity index (χ0v) is 12.1. The maximum Gasteiger partial charge on any atom is 0.0551 e. The number of aryl methyl sites for hydroxylation is 1. The van der Waals surface area contributed by atoms with Gasteiger partial charge in [-0.15, -0.1) is 0 Å². The molecule has 1 rings (SSSR count). The van der Waals surface area contributed by atoms with Crippen molar-refractivity contribution in [1.82, 2.24) is 0 Å². The van der Waals surface area contributed by atoms with Crippen LogP contribution in [0.5, 0.6) is 0 Å². The van der Waals surface area contributed by atoms with Gasteiger partial charge in [0, 0.05) is 18.6 Å². The number of rotatable bonds is 9. The second-order valence-corrected chi connectivity index (χ2v) is 5.13. The molecule has 0 saturated carbocycles. The van der Waals surface area contributed by atoms with Crippen molar-refractivity contribution in [3.8, 4) is 0 Å². The summed E-state index contributed by atoms with van der Waals surface area (Å²) >= 11 is 0. The van der Waals surface area contributed by atoms with E-state index in [2.05, 4.69) is 6.92 Å². The average molecular weight is 266 g/mol. The number of hydrogen-bond donors (Lipinski definition) is 2. The van der Waals surface area contributed by atoms with Gasteiger partial charge in [0.05, 0.1) is 13.2 Å². The van der Waals surface area contributed by atoms with E-state index in [4.69, 9.17) is 4.74 Å². The van der Waals surface area contributed by atoms with Crippen molar-refractivity contribution in [1.29, 1.82) is 0 Å². The van der Waals surface area contributed by atoms with Crippen molar-refractivity contribution < 1.29 is 14.9 Å². The van der Waals surface area contributed by atoms with Crippen LogP contribution in [-0.2, 0) is 10.2 Å². The molecule has 108 valence electrons. The van der Waals surface area contributed by atoms with Crippen LogP contribution in [0.15, 0.2) is 24.3 Å². The van der Waals surface area contributed by atoms with E-state index >= 15 is 0 Å². The molecular formula is C16H26O3. The predicted octanol–water partition coefficient (Wildman–Crippen LogP) is 2.42. The molecule has 0 aliphatic heterocycles. The molecule has 3 heteroatoms. The Morgan fingerprint density at radius 2 is 1.79 bits per heavy atom. The molecule has 2 N–H and O–H groups in total. The van der Waals surface area contributed by atoms with Gasteiger partial charge < -0.3 is 14.9 Å². The minimum Gasteiger partial charge on any atom is -0.395 e. The molecule has 0 aliphatic rings. The first kappa shape index (κ1) is 16.2. The van der Waals surface area contributed by atoms with Gasteiger partial charge in [-0.1, -0.05) is 37.6 Å². The summed E-state index contributed by atoms with van der Waals surface area (Å²) < 4.78 is 5.57. The molecule has 1 aromatic carbocycles. The molecule has 1 aromatic rings. The number of aliphatic hydroxyl groups excluding tert-OH is 2. The van der Waals surface area contributed by atoms with E-state index in [0.717, 1.165) is 30.6 Å². The second-order valence-electron chi connectivity index (χ2n) is 5.13. The van der Waals surface area contributed by atoms with Crippen LogP contribution in [0, 0.1) is 6.92 Å². The molecule has 3 nitrogen and oxygen atoms in total. The maximum atomic E-state index is 9.74. The zero-order valence-electron chi connectivity index (χ0n) is 12.1. The third kappa shape index (κ3) is 4.30. The van der Waals surface area contributed by atoms with Gasteiger partial charge in [0.1, 0.15) is 0 Å². The van der Waals surface area contributed by atoms with Gasteiger partial charge in [-0.05, 0) is 30.9 Å². The number of benzene rings is 1. The SMILES string of the molecule is CCCCOCCC(CO)(CO)c1ccccc1C. The Hall–Kier alpha value is -0.900. The van der Waals surface area contributed by atoms with Crippen LogP contribution in [-0.4, -0.2) is 36.6 Å². The van der Waals surface area contributed by atoms with Crippen LogP contribution in [0.4, 0.5) is 0 Å². The summed E-state index contributed by atoms with van der Waals surface area (Å²) in [6.07, 6.45) is 2.80. The first-order valence-electron chi connectivity index (χ1n) is 7.05. The fourth-order valence-corrected chi connectivity index (χ4v) is 2.30. The quantitative estimate of drug-likeness (QED) is 0.675. The summed E-state index contributed by atoms with van der Waals surface area (Å²) in [6.45, 7) is 5.32. The van der Waals surface area contributed by atoms with Gasteiger partial charge in [0.2, 0.25) is 0 Å². The average Bonchev–Trinajstić information content (AvgIpc) is 2.44. The summed E-state index contributed by atoms with van der Waals surface area (Å²) in [5.41, 5.74) is 1.51. The Morgan fingerprint density at radius 1 is 1.11 bits per heavy atom. The molecule has 0 spiro atoms. The van der Waals surface area contributed by atoms with E-state index < -0.39 is 5.41 Å². The largest absolute Gasteiger partial charge is 0.395 e. The Morgan fingerprint density at radius 3 is 2.37 bits per heavy atom. The fourth-order valence-electron chi connectivity index (χ4n) is 2.30.